The lowest BCUT2D eigenvalue weighted by molar-refractivity contribution is 0.208. The van der Waals surface area contributed by atoms with Crippen molar-refractivity contribution >= 4 is 27.3 Å². The molecule has 3 heterocycles. The fraction of sp³-hybridized carbons (Fsp3) is 0.536. The number of aromatic nitrogens is 3. The van der Waals surface area contributed by atoms with Crippen LogP contribution in [0, 0.1) is 5.92 Å². The summed E-state index contributed by atoms with van der Waals surface area (Å²) in [4.78, 5) is 21.3. The zero-order valence-electron chi connectivity index (χ0n) is 23.4. The molecule has 1 aromatic carbocycles. The fourth-order valence-corrected chi connectivity index (χ4v) is 6.95. The summed E-state index contributed by atoms with van der Waals surface area (Å²) in [5.74, 6) is 0.945. The van der Waals surface area contributed by atoms with Gasteiger partial charge in [0.15, 0.2) is 0 Å². The van der Waals surface area contributed by atoms with Gasteiger partial charge in [-0.15, -0.1) is 0 Å². The summed E-state index contributed by atoms with van der Waals surface area (Å²) < 4.78 is 36.5. The molecule has 1 aliphatic heterocycles. The van der Waals surface area contributed by atoms with Crippen molar-refractivity contribution in [2.75, 3.05) is 26.3 Å². The highest BCUT2D eigenvalue weighted by Gasteiger charge is 2.30. The second-order valence-corrected chi connectivity index (χ2v) is 12.0. The number of sulfonamides is 1. The van der Waals surface area contributed by atoms with Crippen LogP contribution >= 0.6 is 0 Å². The number of oxime groups is 1. The highest BCUT2D eigenvalue weighted by Crippen LogP contribution is 2.34. The maximum Gasteiger partial charge on any atom is 0.275 e. The molecule has 0 aliphatic carbocycles. The van der Waals surface area contributed by atoms with E-state index in [0.717, 1.165) is 18.4 Å². The summed E-state index contributed by atoms with van der Waals surface area (Å²) in [7, 11) is -3.81. The van der Waals surface area contributed by atoms with Crippen molar-refractivity contribution in [3.05, 3.63) is 39.8 Å². The molecular formula is C28H39N5O6S. The molecule has 2 aromatic heterocycles. The SMILES string of the molecule is CCCOc1ccc(S(=O)(=O)N2CCC(CCO)CC2)cc1-c1nc2c(CCC)c(/C=N/O)n(CC)c2c(=O)[nH]1. The highest BCUT2D eigenvalue weighted by atomic mass is 32.2. The van der Waals surface area contributed by atoms with Crippen LogP contribution in [-0.4, -0.2) is 70.1 Å². The molecule has 11 nitrogen and oxygen atoms in total. The molecule has 4 rings (SSSR count). The van der Waals surface area contributed by atoms with Gasteiger partial charge < -0.3 is 24.6 Å². The molecule has 1 fully saturated rings. The van der Waals surface area contributed by atoms with Crippen molar-refractivity contribution in [1.29, 1.82) is 0 Å². The Hall–Kier alpha value is -3.22. The average molecular weight is 574 g/mol. The maximum absolute atomic E-state index is 13.6. The number of benzene rings is 1. The Bertz CT molecular complexity index is 1520. The van der Waals surface area contributed by atoms with Crippen molar-refractivity contribution in [1.82, 2.24) is 18.8 Å². The largest absolute Gasteiger partial charge is 0.493 e. The Balaban J connectivity index is 1.86. The number of ether oxygens (including phenoxy) is 1. The average Bonchev–Trinajstić information content (AvgIpc) is 3.25. The molecule has 1 aliphatic rings. The first-order chi connectivity index (χ1) is 19.3. The minimum absolute atomic E-state index is 0.0997. The van der Waals surface area contributed by atoms with Crippen LogP contribution < -0.4 is 10.3 Å². The lowest BCUT2D eigenvalue weighted by Gasteiger charge is -2.31. The predicted molar refractivity (Wildman–Crippen MR) is 154 cm³/mol. The van der Waals surface area contributed by atoms with E-state index < -0.39 is 10.0 Å². The third-order valence-corrected chi connectivity index (χ3v) is 9.36. The number of aromatic amines is 1. The van der Waals surface area contributed by atoms with Crippen molar-refractivity contribution < 1.29 is 23.5 Å². The topological polar surface area (TPSA) is 150 Å². The molecule has 0 unspecified atom stereocenters. The van der Waals surface area contributed by atoms with Crippen molar-refractivity contribution in [2.24, 2.45) is 11.1 Å². The van der Waals surface area contributed by atoms with Crippen LogP contribution in [0.2, 0.25) is 0 Å². The van der Waals surface area contributed by atoms with Gasteiger partial charge in [-0.25, -0.2) is 13.4 Å². The quantitative estimate of drug-likeness (QED) is 0.170. The molecule has 1 saturated heterocycles. The third-order valence-electron chi connectivity index (χ3n) is 7.46. The van der Waals surface area contributed by atoms with Gasteiger partial charge in [-0.05, 0) is 63.1 Å². The molecule has 218 valence electrons. The van der Waals surface area contributed by atoms with Gasteiger partial charge in [0, 0.05) is 31.8 Å². The fourth-order valence-electron chi connectivity index (χ4n) is 5.45. The first-order valence-corrected chi connectivity index (χ1v) is 15.5. The van der Waals surface area contributed by atoms with Crippen molar-refractivity contribution in [2.45, 2.75) is 70.7 Å². The molecule has 0 amide bonds. The number of H-pyrrole nitrogens is 1. The lowest BCUT2D eigenvalue weighted by Crippen LogP contribution is -2.38. The summed E-state index contributed by atoms with van der Waals surface area (Å²) in [6.45, 7) is 7.64. The van der Waals surface area contributed by atoms with E-state index >= 15 is 0 Å². The normalized spacial score (nSPS) is 15.4. The highest BCUT2D eigenvalue weighted by molar-refractivity contribution is 7.89. The number of hydrogen-bond donors (Lipinski definition) is 3. The standard InChI is InChI=1S/C28H39N5O6S/c1-4-7-21-23(18-29-36)33(6-3)26-25(21)30-27(31-28(26)35)22-17-20(8-9-24(22)39-16-5-2)40(37,38)32-13-10-19(11-14-32)12-15-34/h8-9,17-19,34,36H,4-7,10-16H2,1-3H3,(H,30,31,35)/b29-18+. The number of aliphatic hydroxyl groups is 1. The zero-order valence-corrected chi connectivity index (χ0v) is 24.2. The Kier molecular flexibility index (Phi) is 9.64. The van der Waals surface area contributed by atoms with Gasteiger partial charge in [-0.2, -0.15) is 4.31 Å². The Morgan fingerprint density at radius 3 is 2.58 bits per heavy atom. The second kappa shape index (κ2) is 13.0. The van der Waals surface area contributed by atoms with Crippen molar-refractivity contribution in [3.63, 3.8) is 0 Å². The van der Waals surface area contributed by atoms with Crippen LogP contribution in [0.3, 0.4) is 0 Å². The summed E-state index contributed by atoms with van der Waals surface area (Å²) >= 11 is 0. The number of nitrogens with zero attached hydrogens (tertiary/aromatic N) is 4. The van der Waals surface area contributed by atoms with Crippen LogP contribution in [0.1, 0.15) is 64.1 Å². The van der Waals surface area contributed by atoms with Gasteiger partial charge >= 0.3 is 0 Å². The lowest BCUT2D eigenvalue weighted by atomic mass is 9.95. The van der Waals surface area contributed by atoms with E-state index in [9.17, 15) is 23.5 Å². The van der Waals surface area contributed by atoms with Crippen LogP contribution in [0.5, 0.6) is 5.75 Å². The minimum atomic E-state index is -3.81. The summed E-state index contributed by atoms with van der Waals surface area (Å²) in [6.07, 6.45) is 5.53. The van der Waals surface area contributed by atoms with Gasteiger partial charge in [0.2, 0.25) is 10.0 Å². The number of fused-ring (bicyclic) bond motifs is 1. The Labute approximate surface area is 234 Å². The van der Waals surface area contributed by atoms with E-state index in [2.05, 4.69) is 10.1 Å². The van der Waals surface area contributed by atoms with Gasteiger partial charge in [0.25, 0.3) is 5.56 Å². The van der Waals surface area contributed by atoms with Crippen molar-refractivity contribution in [3.8, 4) is 17.1 Å². The number of aliphatic hydroxyl groups excluding tert-OH is 1. The maximum atomic E-state index is 13.6. The zero-order chi connectivity index (χ0) is 28.9. The number of piperidine rings is 1. The molecule has 0 radical (unpaired) electrons. The van der Waals surface area contributed by atoms with Crippen LogP contribution in [0.25, 0.3) is 22.4 Å². The van der Waals surface area contributed by atoms with Gasteiger partial charge in [0.1, 0.15) is 22.6 Å². The van der Waals surface area contributed by atoms with E-state index in [1.54, 1.807) is 10.6 Å². The Morgan fingerprint density at radius 2 is 1.95 bits per heavy atom. The van der Waals surface area contributed by atoms with E-state index in [0.29, 0.717) is 85.9 Å². The first kappa shape index (κ1) is 29.8. The number of hydrogen-bond acceptors (Lipinski definition) is 8. The predicted octanol–water partition coefficient (Wildman–Crippen LogP) is 3.74. The van der Waals surface area contributed by atoms with E-state index in [-0.39, 0.29) is 22.9 Å². The molecule has 0 bridgehead atoms. The molecule has 40 heavy (non-hydrogen) atoms. The molecule has 0 saturated carbocycles. The minimum Gasteiger partial charge on any atom is -0.493 e. The third kappa shape index (κ3) is 5.79. The molecule has 0 atom stereocenters. The first-order valence-electron chi connectivity index (χ1n) is 14.0. The smallest absolute Gasteiger partial charge is 0.275 e. The summed E-state index contributed by atoms with van der Waals surface area (Å²) in [5.41, 5.74) is 2.26. The van der Waals surface area contributed by atoms with E-state index in [1.165, 1.54) is 22.7 Å². The van der Waals surface area contributed by atoms with E-state index in [4.69, 9.17) is 9.72 Å². The molecule has 0 spiro atoms. The number of rotatable bonds is 12. The molecule has 3 N–H and O–H groups in total. The van der Waals surface area contributed by atoms with Gasteiger partial charge in [-0.1, -0.05) is 25.4 Å². The Morgan fingerprint density at radius 1 is 1.20 bits per heavy atom. The van der Waals surface area contributed by atoms with Gasteiger partial charge in [0.05, 0.1) is 29.0 Å². The molecule has 3 aromatic rings. The van der Waals surface area contributed by atoms with Crippen LogP contribution in [0.15, 0.2) is 33.0 Å². The van der Waals surface area contributed by atoms with Crippen LogP contribution in [0.4, 0.5) is 0 Å². The number of nitrogens with one attached hydrogen (secondary N) is 1. The van der Waals surface area contributed by atoms with Gasteiger partial charge in [-0.3, -0.25) is 4.79 Å². The summed E-state index contributed by atoms with van der Waals surface area (Å²) in [6, 6.07) is 4.68. The number of aryl methyl sites for hydroxylation is 2. The second-order valence-electron chi connectivity index (χ2n) is 10.1. The van der Waals surface area contributed by atoms with Crippen LogP contribution in [-0.2, 0) is 23.0 Å². The summed E-state index contributed by atoms with van der Waals surface area (Å²) in [5, 5.41) is 21.8. The monoisotopic (exact) mass is 573 g/mol. The molecular weight excluding hydrogens is 534 g/mol. The molecule has 12 heteroatoms. The van der Waals surface area contributed by atoms with E-state index in [1.807, 2.05) is 20.8 Å².